The second-order valence-corrected chi connectivity index (χ2v) is 7.86. The molecule has 1 aromatic carbocycles. The van der Waals surface area contributed by atoms with Gasteiger partial charge in [0, 0.05) is 26.0 Å². The van der Waals surface area contributed by atoms with Crippen LogP contribution in [0, 0.1) is 5.82 Å². The molecule has 0 atom stereocenters. The summed E-state index contributed by atoms with van der Waals surface area (Å²) < 4.78 is 240. The van der Waals surface area contributed by atoms with Crippen LogP contribution in [0.25, 0.3) is 0 Å². The first-order valence-electron chi connectivity index (χ1n) is 21.5. The van der Waals surface area contributed by atoms with E-state index < -0.39 is 159 Å². The number of amides is 1. The number of methoxy groups -OCH3 is 3. The zero-order valence-corrected chi connectivity index (χ0v) is 25.6. The molecule has 1 amide bonds. The molecule has 19 heteroatoms. The summed E-state index contributed by atoms with van der Waals surface area (Å²) in [5, 5.41) is -0.806. The zero-order valence-electron chi connectivity index (χ0n) is 44.7. The first kappa shape index (κ1) is 14.2. The van der Waals surface area contributed by atoms with Crippen molar-refractivity contribution in [3.63, 3.8) is 0 Å². The Labute approximate surface area is 318 Å². The number of nitrogens with one attached hydrogen (secondary N) is 2. The van der Waals surface area contributed by atoms with Gasteiger partial charge in [-0.25, -0.2) is 14.4 Å². The van der Waals surface area contributed by atoms with E-state index in [1.807, 2.05) is 0 Å². The number of benzene rings is 1. The van der Waals surface area contributed by atoms with Crippen LogP contribution in [0.4, 0.5) is 33.5 Å². The van der Waals surface area contributed by atoms with Crippen LogP contribution in [0.2, 0.25) is 2.82 Å². The maximum atomic E-state index is 15.7. The molecule has 0 aliphatic carbocycles. The van der Waals surface area contributed by atoms with Gasteiger partial charge in [0.2, 0.25) is 11.7 Å². The Morgan fingerprint density at radius 1 is 1.17 bits per heavy atom. The van der Waals surface area contributed by atoms with Gasteiger partial charge in [-0.15, -0.1) is 0 Å². The summed E-state index contributed by atoms with van der Waals surface area (Å²) in [5.74, 6) is -17.0. The fraction of sp³-hybridized carbons (Fsp3) is 0.304. The van der Waals surface area contributed by atoms with Crippen molar-refractivity contribution in [2.24, 2.45) is 0 Å². The first-order chi connectivity index (χ1) is 28.5. The van der Waals surface area contributed by atoms with E-state index in [0.29, 0.717) is 0 Å². The number of phosphoric ester groups is 1. The molecule has 0 radical (unpaired) electrons. The molecular weight excluding hydrogens is 600 g/mol. The van der Waals surface area contributed by atoms with Gasteiger partial charge in [-0.2, -0.15) is 4.98 Å². The van der Waals surface area contributed by atoms with Crippen molar-refractivity contribution >= 4 is 42.8 Å². The average Bonchev–Trinajstić information content (AvgIpc) is 3.06. The van der Waals surface area contributed by atoms with E-state index in [4.69, 9.17) is 37.7 Å². The smallest absolute Gasteiger partial charge is 0.790 e. The Balaban J connectivity index is 0.00000748. The van der Waals surface area contributed by atoms with E-state index in [1.54, 1.807) is 0 Å². The fourth-order valence-electron chi connectivity index (χ4n) is 2.65. The van der Waals surface area contributed by atoms with Gasteiger partial charge in [0.15, 0.2) is 43.1 Å². The molecule has 0 fully saturated rings. The molecule has 4 rings (SSSR count). The normalized spacial score (nSPS) is 23.7. The molecule has 15 nitrogen and oxygen atoms in total. The minimum atomic E-state index is -6.61. The predicted molar refractivity (Wildman–Crippen MR) is 135 cm³/mol. The van der Waals surface area contributed by atoms with Crippen LogP contribution in [0.3, 0.4) is 0 Å². The van der Waals surface area contributed by atoms with Gasteiger partial charge in [0.05, 0.1) is 57.0 Å². The number of hydrogen-bond acceptors (Lipinski definition) is 14. The van der Waals surface area contributed by atoms with Gasteiger partial charge in [0.1, 0.15) is 12.5 Å². The van der Waals surface area contributed by atoms with Crippen LogP contribution >= 0.6 is 7.82 Å². The number of halogens is 1. The molecule has 0 saturated carbocycles. The Morgan fingerprint density at radius 3 is 2.48 bits per heavy atom. The molecule has 0 unspecified atom stereocenters. The molecule has 42 heavy (non-hydrogen) atoms. The molecule has 214 valence electrons. The number of anilines is 5. The number of fused-ring (bicyclic) bond motifs is 1. The van der Waals surface area contributed by atoms with Gasteiger partial charge in [-0.1, -0.05) is 0 Å². The maximum Gasteiger partial charge on any atom is 1.00 e. The van der Waals surface area contributed by atoms with Crippen LogP contribution in [0.5, 0.6) is 23.0 Å². The topological polar surface area (TPSA) is 192 Å². The molecule has 0 bridgehead atoms. The molecule has 1 aliphatic rings. The number of aromatic nitrogens is 3. The minimum Gasteiger partial charge on any atom is -0.790 e. The molecule has 2 aromatic heterocycles. The van der Waals surface area contributed by atoms with E-state index in [2.05, 4.69) is 33.7 Å². The van der Waals surface area contributed by atoms with Gasteiger partial charge in [-0.3, -0.25) is 9.69 Å². The standard InChI is InChI=1S/C23H26FN6O9P.2Na/c1-23(2)21(31)30(11-38-40(32,33)34)20-14(39-23)6-7-17(28-20)27-19-13(24)10-25-22(29-19)26-12-8-15(35-3)18(37-5)16(9-12)36-4;;/h6-10H,11H2,1-5H3,(H2,32,33,34)(H2,25,26,27,28,29);;/q;2*+1/p-2/i1D3,2D3,3D3,4D3,5D3,6D,7D,8D,9D,10D,11D2;;/hD2. The summed E-state index contributed by atoms with van der Waals surface area (Å²) in [6.45, 7) is -12.9. The number of rotatable bonds is 10. The average molecular weight is 649 g/mol. The SMILES string of the molecule is [2H]c1nc(N([2H])c2c([2H])c(OC([2H])([2H])[2H])c(OC([2H])([2H])[2H])c(OC([2H])([2H])[2H])c2[2H])nc(N([2H])c2nc3c(c([2H])c2[2H])OC(C([2H])([2H])[2H])(C([2H])([2H])[2H])C(=O)N3C([2H])([2H])OP(=O)([O-])[O-])c1F.[Na+].[Na+]. The zero-order chi connectivity index (χ0) is 49.6. The largest absolute Gasteiger partial charge is 1.00 e. The fourth-order valence-corrected chi connectivity index (χ4v) is 2.83. The van der Waals surface area contributed by atoms with Crippen LogP contribution < -0.4 is 103 Å². The predicted octanol–water partition coefficient (Wildman–Crippen LogP) is -4.16. The van der Waals surface area contributed by atoms with Crippen molar-refractivity contribution in [3.8, 4) is 23.0 Å². The van der Waals surface area contributed by atoms with Crippen molar-refractivity contribution in [3.05, 3.63) is 36.2 Å². The van der Waals surface area contributed by atoms with Crippen molar-refractivity contribution in [2.75, 3.05) is 43.3 Å². The monoisotopic (exact) mass is 648 g/mol. The Bertz CT molecular complexity index is 2370. The van der Waals surface area contributed by atoms with Crippen molar-refractivity contribution in [1.82, 2.24) is 15.0 Å². The second-order valence-electron chi connectivity index (χ2n) is 6.78. The van der Waals surface area contributed by atoms with E-state index in [9.17, 15) is 19.1 Å². The first-order valence-corrected chi connectivity index (χ1v) is 11.1. The van der Waals surface area contributed by atoms with Crippen LogP contribution in [-0.4, -0.2) is 54.3 Å². The quantitative estimate of drug-likeness (QED) is 0.159. The molecule has 0 saturated heterocycles. The summed E-state index contributed by atoms with van der Waals surface area (Å²) in [6.07, 6.45) is -1.63. The maximum absolute atomic E-state index is 15.7. The van der Waals surface area contributed by atoms with Gasteiger partial charge >= 0.3 is 59.1 Å². The molecular formula is C23H24FN6Na2O9P. The summed E-state index contributed by atoms with van der Waals surface area (Å²) in [6, 6.07) is -6.13. The van der Waals surface area contributed by atoms with Gasteiger partial charge in [-0.05, 0) is 25.8 Å². The second kappa shape index (κ2) is 14.5. The molecule has 3 heterocycles. The molecule has 3 aromatic rings. The number of hydrogen-bond donors (Lipinski definition) is 2. The minimum absolute atomic E-state index is 0. The number of pyridine rings is 1. The van der Waals surface area contributed by atoms with Crippen molar-refractivity contribution in [2.45, 2.75) is 19.3 Å². The van der Waals surface area contributed by atoms with Gasteiger partial charge < -0.3 is 48.4 Å². The molecule has 2 N–H and O–H groups in total. The van der Waals surface area contributed by atoms with E-state index in [1.165, 1.54) is 0 Å². The Hall–Kier alpha value is -2.24. The number of ether oxygens (including phenoxy) is 4. The summed E-state index contributed by atoms with van der Waals surface area (Å²) in [7, 11) is -17.4. The Morgan fingerprint density at radius 2 is 1.86 bits per heavy atom. The number of phosphoric acid groups is 1. The van der Waals surface area contributed by atoms with Crippen molar-refractivity contribution < 1.29 is 139 Å². The van der Waals surface area contributed by atoms with E-state index in [0.717, 1.165) is 0 Å². The van der Waals surface area contributed by atoms with Gasteiger partial charge in [0.25, 0.3) is 5.91 Å². The van der Waals surface area contributed by atoms with Crippen LogP contribution in [0.15, 0.2) is 30.3 Å². The molecule has 1 aliphatic heterocycles. The third kappa shape index (κ3) is 8.23. The number of carbonyl (C=O) groups excluding carboxylic acids is 1. The number of carbonyl (C=O) groups is 1. The Kier molecular flexibility index (Phi) is 4.91. The third-order valence-electron chi connectivity index (χ3n) is 4.18. The van der Waals surface area contributed by atoms with E-state index >= 15 is 4.39 Å². The summed E-state index contributed by atoms with van der Waals surface area (Å²) in [5.41, 5.74) is -5.66. The summed E-state index contributed by atoms with van der Waals surface area (Å²) >= 11 is 0. The number of nitrogens with zero attached hydrogens (tertiary/aromatic N) is 4. The van der Waals surface area contributed by atoms with Crippen molar-refractivity contribution in [1.29, 1.82) is 0 Å². The van der Waals surface area contributed by atoms with Crippen LogP contribution in [0.1, 0.15) is 43.9 Å². The van der Waals surface area contributed by atoms with Crippen LogP contribution in [-0.2, 0) is 13.9 Å². The van der Waals surface area contributed by atoms with E-state index in [-0.39, 0.29) is 64.4 Å². The summed E-state index contributed by atoms with van der Waals surface area (Å²) in [4.78, 5) is 46.4. The molecule has 0 spiro atoms. The third-order valence-corrected chi connectivity index (χ3v) is 4.49.